The highest BCUT2D eigenvalue weighted by atomic mass is 35.5. The summed E-state index contributed by atoms with van der Waals surface area (Å²) in [5.74, 6) is -0.0493. The number of ether oxygens (including phenoxy) is 2. The number of fused-ring (bicyclic) bond motifs is 1. The van der Waals surface area contributed by atoms with E-state index in [1.807, 2.05) is 0 Å². The molecule has 0 aliphatic carbocycles. The smallest absolute Gasteiger partial charge is 0.231 e. The van der Waals surface area contributed by atoms with Gasteiger partial charge >= 0.3 is 0 Å². The molecule has 3 rings (SSSR count). The molecule has 0 atom stereocenters. The fourth-order valence-corrected chi connectivity index (χ4v) is 2.13. The van der Waals surface area contributed by atoms with Crippen molar-refractivity contribution in [2.45, 2.75) is 6.54 Å². The normalized spacial score (nSPS) is 12.6. The van der Waals surface area contributed by atoms with E-state index in [-0.39, 0.29) is 13.3 Å². The van der Waals surface area contributed by atoms with Crippen LogP contribution in [0.4, 0.5) is 14.5 Å². The van der Waals surface area contributed by atoms with Crippen molar-refractivity contribution in [1.29, 1.82) is 0 Å². The van der Waals surface area contributed by atoms with Crippen molar-refractivity contribution in [3.63, 3.8) is 0 Å². The molecule has 1 N–H and O–H groups in total. The molecule has 20 heavy (non-hydrogen) atoms. The topological polar surface area (TPSA) is 30.5 Å². The molecule has 104 valence electrons. The molecule has 0 radical (unpaired) electrons. The van der Waals surface area contributed by atoms with Crippen LogP contribution in [0, 0.1) is 11.6 Å². The van der Waals surface area contributed by atoms with Crippen LogP contribution in [-0.2, 0) is 6.54 Å². The molecule has 0 unspecified atom stereocenters. The van der Waals surface area contributed by atoms with E-state index in [2.05, 4.69) is 5.32 Å². The van der Waals surface area contributed by atoms with Crippen LogP contribution in [0.5, 0.6) is 11.5 Å². The van der Waals surface area contributed by atoms with Gasteiger partial charge in [-0.3, -0.25) is 0 Å². The first-order valence-electron chi connectivity index (χ1n) is 5.90. The van der Waals surface area contributed by atoms with Gasteiger partial charge in [0.2, 0.25) is 6.79 Å². The van der Waals surface area contributed by atoms with Gasteiger partial charge in [0.25, 0.3) is 0 Å². The van der Waals surface area contributed by atoms with Crippen molar-refractivity contribution >= 4 is 17.3 Å². The monoisotopic (exact) mass is 297 g/mol. The minimum absolute atomic E-state index is 0.154. The third-order valence-corrected chi connectivity index (χ3v) is 3.26. The Hall–Kier alpha value is -2.01. The SMILES string of the molecule is Fc1ccc(CNc2cc3c(cc2Cl)OCO3)c(F)c1. The zero-order chi connectivity index (χ0) is 14.1. The predicted molar refractivity (Wildman–Crippen MR) is 71.3 cm³/mol. The second kappa shape index (κ2) is 5.17. The molecule has 6 heteroatoms. The summed E-state index contributed by atoms with van der Waals surface area (Å²) in [7, 11) is 0. The molecule has 1 heterocycles. The molecular weight excluding hydrogens is 288 g/mol. The van der Waals surface area contributed by atoms with Gasteiger partial charge in [0.05, 0.1) is 10.7 Å². The first-order chi connectivity index (χ1) is 9.63. The zero-order valence-corrected chi connectivity index (χ0v) is 11.0. The summed E-state index contributed by atoms with van der Waals surface area (Å²) in [6.45, 7) is 0.340. The Morgan fingerprint density at radius 3 is 2.60 bits per heavy atom. The lowest BCUT2D eigenvalue weighted by atomic mass is 10.2. The number of hydrogen-bond acceptors (Lipinski definition) is 3. The molecule has 0 saturated carbocycles. The lowest BCUT2D eigenvalue weighted by Crippen LogP contribution is -2.02. The van der Waals surface area contributed by atoms with Crippen LogP contribution < -0.4 is 14.8 Å². The number of halogens is 3. The van der Waals surface area contributed by atoms with E-state index in [4.69, 9.17) is 21.1 Å². The van der Waals surface area contributed by atoms with E-state index in [9.17, 15) is 8.78 Å². The molecule has 2 aromatic carbocycles. The van der Waals surface area contributed by atoms with E-state index in [1.165, 1.54) is 12.1 Å². The van der Waals surface area contributed by atoms with Crippen LogP contribution in [0.3, 0.4) is 0 Å². The maximum atomic E-state index is 13.5. The first kappa shape index (κ1) is 13.0. The molecule has 2 aromatic rings. The van der Waals surface area contributed by atoms with Crippen molar-refractivity contribution in [3.8, 4) is 11.5 Å². The van der Waals surface area contributed by atoms with Gasteiger partial charge in [-0.15, -0.1) is 0 Å². The molecule has 0 bridgehead atoms. The second-order valence-corrected chi connectivity index (χ2v) is 4.68. The summed E-state index contributed by atoms with van der Waals surface area (Å²) in [6, 6.07) is 6.76. The summed E-state index contributed by atoms with van der Waals surface area (Å²) in [5.41, 5.74) is 0.944. The van der Waals surface area contributed by atoms with Crippen molar-refractivity contribution in [1.82, 2.24) is 0 Å². The molecule has 1 aliphatic heterocycles. The highest BCUT2D eigenvalue weighted by Crippen LogP contribution is 2.39. The number of benzene rings is 2. The van der Waals surface area contributed by atoms with E-state index in [0.717, 1.165) is 6.07 Å². The fraction of sp³-hybridized carbons (Fsp3) is 0.143. The lowest BCUT2D eigenvalue weighted by Gasteiger charge is -2.10. The van der Waals surface area contributed by atoms with Gasteiger partial charge in [-0.05, 0) is 6.07 Å². The molecule has 0 spiro atoms. The van der Waals surface area contributed by atoms with Crippen LogP contribution in [-0.4, -0.2) is 6.79 Å². The fourth-order valence-electron chi connectivity index (χ4n) is 1.91. The third kappa shape index (κ3) is 2.49. The van der Waals surface area contributed by atoms with Crippen molar-refractivity contribution in [2.24, 2.45) is 0 Å². The Balaban J connectivity index is 1.78. The maximum absolute atomic E-state index is 13.5. The quantitative estimate of drug-likeness (QED) is 0.930. The van der Waals surface area contributed by atoms with Crippen molar-refractivity contribution in [3.05, 3.63) is 52.6 Å². The number of rotatable bonds is 3. The third-order valence-electron chi connectivity index (χ3n) is 2.95. The molecule has 0 saturated heterocycles. The molecule has 0 aromatic heterocycles. The van der Waals surface area contributed by atoms with Crippen LogP contribution in [0.1, 0.15) is 5.56 Å². The number of nitrogens with one attached hydrogen (secondary N) is 1. The minimum atomic E-state index is -0.604. The summed E-state index contributed by atoms with van der Waals surface area (Å²) in [4.78, 5) is 0. The molecule has 0 fully saturated rings. The van der Waals surface area contributed by atoms with E-state index < -0.39 is 11.6 Å². The number of hydrogen-bond donors (Lipinski definition) is 1. The second-order valence-electron chi connectivity index (χ2n) is 4.27. The van der Waals surface area contributed by atoms with E-state index in [0.29, 0.717) is 27.8 Å². The lowest BCUT2D eigenvalue weighted by molar-refractivity contribution is 0.174. The van der Waals surface area contributed by atoms with Crippen molar-refractivity contribution in [2.75, 3.05) is 12.1 Å². The zero-order valence-electron chi connectivity index (χ0n) is 10.3. The van der Waals surface area contributed by atoms with Gasteiger partial charge in [0.1, 0.15) is 11.6 Å². The van der Waals surface area contributed by atoms with Gasteiger partial charge in [-0.25, -0.2) is 8.78 Å². The average Bonchev–Trinajstić information content (AvgIpc) is 2.84. The Morgan fingerprint density at radius 2 is 1.85 bits per heavy atom. The van der Waals surface area contributed by atoms with Crippen LogP contribution >= 0.6 is 11.6 Å². The van der Waals surface area contributed by atoms with Crippen LogP contribution in [0.2, 0.25) is 5.02 Å². The highest BCUT2D eigenvalue weighted by molar-refractivity contribution is 6.33. The predicted octanol–water partition coefficient (Wildman–Crippen LogP) is 3.96. The van der Waals surface area contributed by atoms with Gasteiger partial charge in [-0.1, -0.05) is 17.7 Å². The molecule has 3 nitrogen and oxygen atoms in total. The first-order valence-corrected chi connectivity index (χ1v) is 6.28. The average molecular weight is 298 g/mol. The summed E-state index contributed by atoms with van der Waals surface area (Å²) in [6.07, 6.45) is 0. The molecule has 1 aliphatic rings. The van der Waals surface area contributed by atoms with Crippen LogP contribution in [0.25, 0.3) is 0 Å². The molecular formula is C14H10ClF2NO2. The Kier molecular flexibility index (Phi) is 3.36. The van der Waals surface area contributed by atoms with Gasteiger partial charge in [0, 0.05) is 30.3 Å². The largest absolute Gasteiger partial charge is 0.454 e. The Labute approximate surface area is 119 Å². The van der Waals surface area contributed by atoms with Crippen molar-refractivity contribution < 1.29 is 18.3 Å². The molecule has 0 amide bonds. The van der Waals surface area contributed by atoms with E-state index in [1.54, 1.807) is 12.1 Å². The van der Waals surface area contributed by atoms with Gasteiger partial charge in [0.15, 0.2) is 11.5 Å². The van der Waals surface area contributed by atoms with Gasteiger partial charge in [-0.2, -0.15) is 0 Å². The highest BCUT2D eigenvalue weighted by Gasteiger charge is 2.16. The maximum Gasteiger partial charge on any atom is 0.231 e. The summed E-state index contributed by atoms with van der Waals surface area (Å²) < 4.78 is 36.8. The standard InChI is InChI=1S/C14H10ClF2NO2/c15-10-4-13-14(20-7-19-13)5-12(10)18-6-8-1-2-9(16)3-11(8)17/h1-5,18H,6-7H2. The number of anilines is 1. The van der Waals surface area contributed by atoms with Crippen LogP contribution in [0.15, 0.2) is 30.3 Å². The Bertz CT molecular complexity index is 664. The summed E-state index contributed by atoms with van der Waals surface area (Å²) in [5, 5.41) is 3.43. The van der Waals surface area contributed by atoms with E-state index >= 15 is 0 Å². The minimum Gasteiger partial charge on any atom is -0.454 e. The van der Waals surface area contributed by atoms with Gasteiger partial charge < -0.3 is 14.8 Å². The summed E-state index contributed by atoms with van der Waals surface area (Å²) >= 11 is 6.09. The Morgan fingerprint density at radius 1 is 1.10 bits per heavy atom.